The van der Waals surface area contributed by atoms with Gasteiger partial charge in [0.25, 0.3) is 0 Å². The van der Waals surface area contributed by atoms with Crippen LogP contribution in [0.1, 0.15) is 44.1 Å². The lowest BCUT2D eigenvalue weighted by atomic mass is 9.94. The predicted octanol–water partition coefficient (Wildman–Crippen LogP) is 2.80. The lowest BCUT2D eigenvalue weighted by Crippen LogP contribution is -2.41. The maximum absolute atomic E-state index is 10.9. The zero-order valence-electron chi connectivity index (χ0n) is 14.1. The highest BCUT2D eigenvalue weighted by Gasteiger charge is 2.28. The maximum atomic E-state index is 10.9. The highest BCUT2D eigenvalue weighted by Crippen LogP contribution is 2.28. The van der Waals surface area contributed by atoms with Gasteiger partial charge in [-0.25, -0.2) is 4.79 Å². The smallest absolute Gasteiger partial charge is 0.407 e. The third-order valence-electron chi connectivity index (χ3n) is 4.91. The van der Waals surface area contributed by atoms with Gasteiger partial charge >= 0.3 is 6.09 Å². The van der Waals surface area contributed by atoms with Crippen molar-refractivity contribution in [2.45, 2.75) is 56.8 Å². The van der Waals surface area contributed by atoms with E-state index in [1.807, 2.05) is 0 Å². The molecule has 1 saturated heterocycles. The second kappa shape index (κ2) is 8.17. The summed E-state index contributed by atoms with van der Waals surface area (Å²) in [5.74, 6) is 0.600. The number of carbonyl (C=O) groups is 1. The molecule has 134 valence electrons. The van der Waals surface area contributed by atoms with Gasteiger partial charge in [0.15, 0.2) is 0 Å². The Morgan fingerprint density at radius 2 is 1.80 bits per heavy atom. The predicted molar refractivity (Wildman–Crippen MR) is 89.3 cm³/mol. The number of pyridine rings is 1. The van der Waals surface area contributed by atoms with E-state index in [1.54, 1.807) is 12.3 Å². The number of piperidine rings is 1. The normalized spacial score (nSPS) is 24.5. The number of aromatic nitrogens is 1. The van der Waals surface area contributed by atoms with Crippen molar-refractivity contribution in [3.8, 4) is 11.8 Å². The van der Waals surface area contributed by atoms with E-state index in [1.165, 1.54) is 11.1 Å². The topological polar surface area (TPSA) is 95.7 Å². The first-order valence-corrected chi connectivity index (χ1v) is 8.80. The van der Waals surface area contributed by atoms with Crippen LogP contribution in [0.25, 0.3) is 0 Å². The Hall–Kier alpha value is -2.33. The Morgan fingerprint density at radius 3 is 2.44 bits per heavy atom. The Morgan fingerprint density at radius 1 is 1.16 bits per heavy atom. The molecule has 2 fully saturated rings. The lowest BCUT2D eigenvalue weighted by molar-refractivity contribution is -0.0641. The molecule has 2 heterocycles. The van der Waals surface area contributed by atoms with E-state index in [9.17, 15) is 4.79 Å². The SMILES string of the molecule is N#Cc1cnccc1OC1CCC(OC2CCN(C(=O)O)CC2)CC1. The van der Waals surface area contributed by atoms with Crippen molar-refractivity contribution < 1.29 is 19.4 Å². The number of likely N-dealkylation sites (tertiary alicyclic amines) is 1. The molecule has 1 aromatic rings. The number of nitrogens with zero attached hydrogens (tertiary/aromatic N) is 3. The number of nitriles is 1. The summed E-state index contributed by atoms with van der Waals surface area (Å²) in [6.45, 7) is 1.11. The number of carboxylic acid groups (broad SMARTS) is 1. The fourth-order valence-electron chi connectivity index (χ4n) is 3.49. The molecular weight excluding hydrogens is 322 g/mol. The van der Waals surface area contributed by atoms with Gasteiger partial charge in [-0.2, -0.15) is 5.26 Å². The molecule has 1 amide bonds. The Kier molecular flexibility index (Phi) is 5.71. The first kappa shape index (κ1) is 17.5. The minimum absolute atomic E-state index is 0.100. The van der Waals surface area contributed by atoms with Crippen molar-refractivity contribution in [1.29, 1.82) is 5.26 Å². The van der Waals surface area contributed by atoms with Crippen molar-refractivity contribution in [1.82, 2.24) is 9.88 Å². The molecule has 0 unspecified atom stereocenters. The second-order valence-electron chi connectivity index (χ2n) is 6.61. The molecule has 0 atom stereocenters. The van der Waals surface area contributed by atoms with Crippen LogP contribution in [-0.2, 0) is 4.74 Å². The van der Waals surface area contributed by atoms with Gasteiger partial charge in [-0.3, -0.25) is 4.98 Å². The Labute approximate surface area is 147 Å². The van der Waals surface area contributed by atoms with Crippen LogP contribution in [0, 0.1) is 11.3 Å². The van der Waals surface area contributed by atoms with Crippen LogP contribution in [0.5, 0.6) is 5.75 Å². The molecule has 0 bridgehead atoms. The van der Waals surface area contributed by atoms with Crippen LogP contribution in [0.15, 0.2) is 18.5 Å². The molecule has 1 aromatic heterocycles. The van der Waals surface area contributed by atoms with E-state index >= 15 is 0 Å². The number of ether oxygens (including phenoxy) is 2. The lowest BCUT2D eigenvalue weighted by Gasteiger charge is -2.35. The van der Waals surface area contributed by atoms with Crippen LogP contribution in [0.3, 0.4) is 0 Å². The summed E-state index contributed by atoms with van der Waals surface area (Å²) in [7, 11) is 0. The molecule has 1 aliphatic carbocycles. The van der Waals surface area contributed by atoms with Crippen LogP contribution in [0.4, 0.5) is 4.79 Å². The monoisotopic (exact) mass is 345 g/mol. The van der Waals surface area contributed by atoms with E-state index in [-0.39, 0.29) is 18.3 Å². The van der Waals surface area contributed by atoms with E-state index in [0.29, 0.717) is 24.4 Å². The highest BCUT2D eigenvalue weighted by atomic mass is 16.5. The largest absolute Gasteiger partial charge is 0.489 e. The number of rotatable bonds is 4. The molecule has 2 aliphatic rings. The fourth-order valence-corrected chi connectivity index (χ4v) is 3.49. The van der Waals surface area contributed by atoms with Gasteiger partial charge in [-0.1, -0.05) is 0 Å². The summed E-state index contributed by atoms with van der Waals surface area (Å²) in [4.78, 5) is 16.3. The van der Waals surface area contributed by atoms with E-state index in [4.69, 9.17) is 19.8 Å². The molecule has 0 spiro atoms. The quantitative estimate of drug-likeness (QED) is 0.901. The van der Waals surface area contributed by atoms with E-state index in [2.05, 4.69) is 11.1 Å². The van der Waals surface area contributed by atoms with Crippen LogP contribution in [0.2, 0.25) is 0 Å². The maximum Gasteiger partial charge on any atom is 0.407 e. The van der Waals surface area contributed by atoms with Gasteiger partial charge in [0.2, 0.25) is 0 Å². The van der Waals surface area contributed by atoms with Crippen LogP contribution < -0.4 is 4.74 Å². The molecular formula is C18H23N3O4. The standard InChI is InChI=1S/C18H23N3O4/c19-11-13-12-20-8-5-17(13)25-15-3-1-14(2-4-15)24-16-6-9-21(10-7-16)18(22)23/h5,8,12,14-16H,1-4,6-7,9-10H2,(H,22,23). The minimum Gasteiger partial charge on any atom is -0.489 e. The summed E-state index contributed by atoms with van der Waals surface area (Å²) < 4.78 is 12.1. The molecule has 7 heteroatoms. The molecule has 1 aliphatic heterocycles. The van der Waals surface area contributed by atoms with Crippen LogP contribution in [-0.4, -0.2) is 52.5 Å². The Balaban J connectivity index is 1.42. The van der Waals surface area contributed by atoms with Crippen LogP contribution >= 0.6 is 0 Å². The molecule has 0 radical (unpaired) electrons. The summed E-state index contributed by atoms with van der Waals surface area (Å²) in [5, 5.41) is 18.1. The molecule has 0 aromatic carbocycles. The van der Waals surface area contributed by atoms with Crippen molar-refractivity contribution in [2.24, 2.45) is 0 Å². The first-order valence-electron chi connectivity index (χ1n) is 8.80. The fraction of sp³-hybridized carbons (Fsp3) is 0.611. The highest BCUT2D eigenvalue weighted by molar-refractivity contribution is 5.65. The number of amides is 1. The van der Waals surface area contributed by atoms with Gasteiger partial charge in [-0.05, 0) is 44.6 Å². The summed E-state index contributed by atoms with van der Waals surface area (Å²) >= 11 is 0. The van der Waals surface area contributed by atoms with E-state index in [0.717, 1.165) is 38.5 Å². The van der Waals surface area contributed by atoms with Gasteiger partial charge < -0.3 is 19.5 Å². The first-order chi connectivity index (χ1) is 12.2. The van der Waals surface area contributed by atoms with Crippen molar-refractivity contribution in [3.63, 3.8) is 0 Å². The van der Waals surface area contributed by atoms with Crippen molar-refractivity contribution in [2.75, 3.05) is 13.1 Å². The number of hydrogen-bond donors (Lipinski definition) is 1. The van der Waals surface area contributed by atoms with Crippen molar-refractivity contribution >= 4 is 6.09 Å². The third kappa shape index (κ3) is 4.60. The molecule has 1 N–H and O–H groups in total. The van der Waals surface area contributed by atoms with Crippen molar-refractivity contribution in [3.05, 3.63) is 24.0 Å². The molecule has 1 saturated carbocycles. The van der Waals surface area contributed by atoms with Gasteiger partial charge in [0, 0.05) is 25.5 Å². The van der Waals surface area contributed by atoms with Gasteiger partial charge in [-0.15, -0.1) is 0 Å². The van der Waals surface area contributed by atoms with Gasteiger partial charge in [0.05, 0.1) is 18.3 Å². The summed E-state index contributed by atoms with van der Waals surface area (Å²) in [6.07, 6.45) is 7.97. The molecule has 25 heavy (non-hydrogen) atoms. The Bertz CT molecular complexity index is 629. The third-order valence-corrected chi connectivity index (χ3v) is 4.91. The summed E-state index contributed by atoms with van der Waals surface area (Å²) in [6, 6.07) is 3.84. The average Bonchev–Trinajstić information content (AvgIpc) is 2.64. The zero-order chi connectivity index (χ0) is 17.6. The average molecular weight is 345 g/mol. The van der Waals surface area contributed by atoms with Gasteiger partial charge in [0.1, 0.15) is 17.4 Å². The zero-order valence-corrected chi connectivity index (χ0v) is 14.1. The molecule has 3 rings (SSSR count). The molecule has 7 nitrogen and oxygen atoms in total. The van der Waals surface area contributed by atoms with E-state index < -0.39 is 6.09 Å². The summed E-state index contributed by atoms with van der Waals surface area (Å²) in [5.41, 5.74) is 0.464. The number of hydrogen-bond acceptors (Lipinski definition) is 5. The minimum atomic E-state index is -0.844. The second-order valence-corrected chi connectivity index (χ2v) is 6.61.